The van der Waals surface area contributed by atoms with Crippen LogP contribution >= 0.6 is 0 Å². The van der Waals surface area contributed by atoms with Gasteiger partial charge in [-0.05, 0) is 68.4 Å². The summed E-state index contributed by atoms with van der Waals surface area (Å²) in [5, 5.41) is 18.9. The Labute approximate surface area is 140 Å². The van der Waals surface area contributed by atoms with Crippen LogP contribution in [0.1, 0.15) is 54.0 Å². The predicted molar refractivity (Wildman–Crippen MR) is 98.4 cm³/mol. The van der Waals surface area contributed by atoms with E-state index >= 15 is 0 Å². The van der Waals surface area contributed by atoms with Gasteiger partial charge in [0.2, 0.25) is 0 Å². The van der Waals surface area contributed by atoms with Gasteiger partial charge in [-0.25, -0.2) is 0 Å². The van der Waals surface area contributed by atoms with Crippen LogP contribution in [-0.2, 0) is 6.42 Å². The number of hydrogen-bond donors (Lipinski definition) is 2. The third-order valence-electron chi connectivity index (χ3n) is 4.23. The van der Waals surface area contributed by atoms with Gasteiger partial charge in [0.25, 0.3) is 0 Å². The number of unbranched alkanes of at least 4 members (excludes halogenated alkanes) is 2. The molecular weight excluding hydrogens is 284 g/mol. The SMILES string of the molecule is CCCCCc1ccc(C)c(O)c1C.Cc1cccc(C)c1O. The molecule has 0 saturated heterocycles. The second-order valence-corrected chi connectivity index (χ2v) is 6.21. The number of para-hydroxylation sites is 1. The number of aryl methyl sites for hydroxylation is 4. The van der Waals surface area contributed by atoms with E-state index in [0.717, 1.165) is 28.7 Å². The van der Waals surface area contributed by atoms with Crippen LogP contribution in [0.15, 0.2) is 30.3 Å². The molecule has 0 bridgehead atoms. The van der Waals surface area contributed by atoms with Gasteiger partial charge in [-0.2, -0.15) is 0 Å². The Balaban J connectivity index is 0.000000253. The van der Waals surface area contributed by atoms with Crippen LogP contribution in [0, 0.1) is 27.7 Å². The highest BCUT2D eigenvalue weighted by molar-refractivity contribution is 5.44. The zero-order valence-corrected chi connectivity index (χ0v) is 15.1. The molecule has 0 heterocycles. The zero-order chi connectivity index (χ0) is 17.4. The molecule has 0 saturated carbocycles. The van der Waals surface area contributed by atoms with Crippen LogP contribution in [0.2, 0.25) is 0 Å². The fraction of sp³-hybridized carbons (Fsp3) is 0.429. The predicted octanol–water partition coefficient (Wildman–Crippen LogP) is 5.75. The van der Waals surface area contributed by atoms with Gasteiger partial charge in [0.1, 0.15) is 11.5 Å². The van der Waals surface area contributed by atoms with Crippen molar-refractivity contribution in [1.82, 2.24) is 0 Å². The van der Waals surface area contributed by atoms with Crippen LogP contribution < -0.4 is 0 Å². The summed E-state index contributed by atoms with van der Waals surface area (Å²) in [5.41, 5.74) is 5.20. The monoisotopic (exact) mass is 314 g/mol. The highest BCUT2D eigenvalue weighted by Crippen LogP contribution is 2.25. The molecule has 2 nitrogen and oxygen atoms in total. The average molecular weight is 314 g/mol. The van der Waals surface area contributed by atoms with Crippen molar-refractivity contribution in [2.75, 3.05) is 0 Å². The number of benzene rings is 2. The molecule has 0 fully saturated rings. The molecule has 0 aromatic heterocycles. The molecule has 0 amide bonds. The molecular formula is C21H30O2. The zero-order valence-electron chi connectivity index (χ0n) is 15.1. The first-order valence-corrected chi connectivity index (χ1v) is 8.41. The van der Waals surface area contributed by atoms with Crippen molar-refractivity contribution < 1.29 is 10.2 Å². The van der Waals surface area contributed by atoms with E-state index in [1.165, 1.54) is 24.8 Å². The van der Waals surface area contributed by atoms with Gasteiger partial charge < -0.3 is 10.2 Å². The summed E-state index contributed by atoms with van der Waals surface area (Å²) in [6.07, 6.45) is 4.83. The van der Waals surface area contributed by atoms with Crippen molar-refractivity contribution in [1.29, 1.82) is 0 Å². The summed E-state index contributed by atoms with van der Waals surface area (Å²) in [7, 11) is 0. The second kappa shape index (κ2) is 9.24. The number of hydrogen-bond acceptors (Lipinski definition) is 2. The van der Waals surface area contributed by atoms with Crippen molar-refractivity contribution in [3.8, 4) is 11.5 Å². The minimum atomic E-state index is 0.414. The first kappa shape index (κ1) is 19.1. The normalized spacial score (nSPS) is 10.1. The summed E-state index contributed by atoms with van der Waals surface area (Å²) in [6, 6.07) is 9.86. The van der Waals surface area contributed by atoms with Gasteiger partial charge in [0.05, 0.1) is 0 Å². The van der Waals surface area contributed by atoms with Crippen LogP contribution in [0.5, 0.6) is 11.5 Å². The van der Waals surface area contributed by atoms with Crippen molar-refractivity contribution in [2.24, 2.45) is 0 Å². The minimum absolute atomic E-state index is 0.414. The standard InChI is InChI=1S/C13H20O.C8H10O/c1-4-5-6-7-12-9-8-10(2)13(14)11(12)3;1-6-4-3-5-7(2)8(6)9/h8-9,14H,4-7H2,1-3H3;3-5,9H,1-2H3. The Morgan fingerprint density at radius 1 is 0.739 bits per heavy atom. The van der Waals surface area contributed by atoms with Crippen LogP contribution in [-0.4, -0.2) is 10.2 Å². The second-order valence-electron chi connectivity index (χ2n) is 6.21. The number of phenols is 2. The highest BCUT2D eigenvalue weighted by Gasteiger charge is 2.05. The fourth-order valence-electron chi connectivity index (χ4n) is 2.52. The highest BCUT2D eigenvalue weighted by atomic mass is 16.3. The molecule has 0 atom stereocenters. The van der Waals surface area contributed by atoms with E-state index in [-0.39, 0.29) is 0 Å². The van der Waals surface area contributed by atoms with Gasteiger partial charge in [-0.1, -0.05) is 50.1 Å². The lowest BCUT2D eigenvalue weighted by Crippen LogP contribution is -1.91. The number of aromatic hydroxyl groups is 2. The van der Waals surface area contributed by atoms with E-state index in [1.807, 2.05) is 52.0 Å². The van der Waals surface area contributed by atoms with Gasteiger partial charge in [0.15, 0.2) is 0 Å². The lowest BCUT2D eigenvalue weighted by Gasteiger charge is -2.09. The first-order valence-electron chi connectivity index (χ1n) is 8.41. The van der Waals surface area contributed by atoms with Crippen LogP contribution in [0.3, 0.4) is 0 Å². The molecule has 0 spiro atoms. The summed E-state index contributed by atoms with van der Waals surface area (Å²) in [5.74, 6) is 0.886. The average Bonchev–Trinajstić information content (AvgIpc) is 2.53. The third-order valence-corrected chi connectivity index (χ3v) is 4.23. The largest absolute Gasteiger partial charge is 0.507 e. The first-order chi connectivity index (χ1) is 10.9. The molecule has 0 unspecified atom stereocenters. The Kier molecular flexibility index (Phi) is 7.67. The van der Waals surface area contributed by atoms with E-state index in [1.54, 1.807) is 0 Å². The molecule has 2 heteroatoms. The van der Waals surface area contributed by atoms with Gasteiger partial charge in [-0.3, -0.25) is 0 Å². The van der Waals surface area contributed by atoms with E-state index in [0.29, 0.717) is 11.5 Å². The molecule has 2 N–H and O–H groups in total. The molecule has 0 aliphatic heterocycles. The van der Waals surface area contributed by atoms with Crippen molar-refractivity contribution >= 4 is 0 Å². The van der Waals surface area contributed by atoms with Crippen molar-refractivity contribution in [2.45, 2.75) is 60.3 Å². The smallest absolute Gasteiger partial charge is 0.121 e. The molecule has 2 aromatic rings. The molecule has 0 radical (unpaired) electrons. The number of rotatable bonds is 4. The van der Waals surface area contributed by atoms with Crippen LogP contribution in [0.25, 0.3) is 0 Å². The van der Waals surface area contributed by atoms with E-state index in [2.05, 4.69) is 13.0 Å². The molecule has 2 rings (SSSR count). The van der Waals surface area contributed by atoms with Crippen molar-refractivity contribution in [3.05, 3.63) is 58.1 Å². The Morgan fingerprint density at radius 3 is 1.83 bits per heavy atom. The molecule has 0 aliphatic carbocycles. The van der Waals surface area contributed by atoms with Crippen molar-refractivity contribution in [3.63, 3.8) is 0 Å². The summed E-state index contributed by atoms with van der Waals surface area (Å²) in [4.78, 5) is 0. The number of phenolic OH excluding ortho intramolecular Hbond substituents is 2. The van der Waals surface area contributed by atoms with E-state index in [9.17, 15) is 10.2 Å². The van der Waals surface area contributed by atoms with Crippen LogP contribution in [0.4, 0.5) is 0 Å². The Hall–Kier alpha value is -1.96. The maximum Gasteiger partial charge on any atom is 0.121 e. The van der Waals surface area contributed by atoms with Gasteiger partial charge in [-0.15, -0.1) is 0 Å². The van der Waals surface area contributed by atoms with Gasteiger partial charge >= 0.3 is 0 Å². The van der Waals surface area contributed by atoms with E-state index in [4.69, 9.17) is 0 Å². The topological polar surface area (TPSA) is 40.5 Å². The van der Waals surface area contributed by atoms with E-state index < -0.39 is 0 Å². The minimum Gasteiger partial charge on any atom is -0.507 e. The van der Waals surface area contributed by atoms with Gasteiger partial charge in [0, 0.05) is 0 Å². The summed E-state index contributed by atoms with van der Waals surface area (Å²) >= 11 is 0. The molecule has 2 aromatic carbocycles. The Morgan fingerprint density at radius 2 is 1.30 bits per heavy atom. The summed E-state index contributed by atoms with van der Waals surface area (Å²) in [6.45, 7) is 9.94. The lowest BCUT2D eigenvalue weighted by atomic mass is 9.99. The third kappa shape index (κ3) is 5.63. The maximum atomic E-state index is 9.74. The fourth-order valence-corrected chi connectivity index (χ4v) is 2.52. The molecule has 0 aliphatic rings. The molecule has 23 heavy (non-hydrogen) atoms. The maximum absolute atomic E-state index is 9.74. The summed E-state index contributed by atoms with van der Waals surface area (Å²) < 4.78 is 0. The molecule has 126 valence electrons. The Bertz CT molecular complexity index is 610. The lowest BCUT2D eigenvalue weighted by molar-refractivity contribution is 0.465. The quantitative estimate of drug-likeness (QED) is 0.705.